The van der Waals surface area contributed by atoms with Gasteiger partial charge in [0.15, 0.2) is 0 Å². The second-order valence-electron chi connectivity index (χ2n) is 2.83. The van der Waals surface area contributed by atoms with Gasteiger partial charge in [0.2, 0.25) is 5.02 Å². The van der Waals surface area contributed by atoms with Crippen molar-refractivity contribution in [2.45, 2.75) is 0 Å². The summed E-state index contributed by atoms with van der Waals surface area (Å²) in [5.74, 6) is -3.11. The molecule has 0 aliphatic rings. The van der Waals surface area contributed by atoms with Gasteiger partial charge in [0.25, 0.3) is 11.5 Å². The van der Waals surface area contributed by atoms with Crippen molar-refractivity contribution >= 4 is 56.0 Å². The predicted octanol–water partition coefficient (Wildman–Crippen LogP) is 0.560. The fraction of sp³-hybridized carbons (Fsp3) is 0. The van der Waals surface area contributed by atoms with Gasteiger partial charge in [-0.3, -0.25) is 30.3 Å². The van der Waals surface area contributed by atoms with Gasteiger partial charge >= 0.3 is 44.4 Å². The van der Waals surface area contributed by atoms with Crippen molar-refractivity contribution in [2.75, 3.05) is 0 Å². The third-order valence-electron chi connectivity index (χ3n) is 1.86. The molecule has 0 spiro atoms. The third kappa shape index (κ3) is 2.81. The maximum atomic E-state index is 10.5. The monoisotopic (exact) mass is 489 g/mol. The zero-order valence-corrected chi connectivity index (χ0v) is 15.0. The van der Waals surface area contributed by atoms with Crippen molar-refractivity contribution in [1.82, 2.24) is 0 Å². The van der Waals surface area contributed by atoms with Gasteiger partial charge in [0, 0.05) is 0 Å². The third-order valence-corrected chi connectivity index (χ3v) is 2.22. The summed E-state index contributed by atoms with van der Waals surface area (Å²) >= 11 is 5.26. The van der Waals surface area contributed by atoms with E-state index in [9.17, 15) is 40.6 Å². The normalized spacial score (nSPS) is 9.53. The van der Waals surface area contributed by atoms with Crippen LogP contribution >= 0.6 is 11.6 Å². The molecule has 19 heavy (non-hydrogen) atoms. The second kappa shape index (κ2) is 5.92. The van der Waals surface area contributed by atoms with Crippen LogP contribution in [0.15, 0.2) is 0 Å². The molecule has 0 saturated carbocycles. The van der Waals surface area contributed by atoms with E-state index in [-0.39, 0.29) is 27.3 Å². The van der Waals surface area contributed by atoms with Crippen LogP contribution in [0.2, 0.25) is 5.02 Å². The molecule has 0 aliphatic heterocycles. The molecule has 11 nitrogen and oxygen atoms in total. The number of benzene rings is 1. The number of nitrogens with zero attached hydrogens (tertiary/aromatic N) is 3. The summed E-state index contributed by atoms with van der Waals surface area (Å²) in [4.78, 5) is 27.5. The van der Waals surface area contributed by atoms with Crippen molar-refractivity contribution in [2.24, 2.45) is 0 Å². The first kappa shape index (κ1) is 17.2. The number of nitro benzene ring substituents is 3. The van der Waals surface area contributed by atoms with Crippen LogP contribution in [-0.4, -0.2) is 52.3 Å². The SMILES string of the molecule is O=[N+]([O-])c1c(O)c([N+](=O)[O-])c(Cl)c([N+](=O)[O-])c1O.[PbH2]. The van der Waals surface area contributed by atoms with Gasteiger partial charge in [-0.15, -0.1) is 0 Å². The van der Waals surface area contributed by atoms with Crippen LogP contribution in [0.1, 0.15) is 0 Å². The molecule has 1 aromatic carbocycles. The van der Waals surface area contributed by atoms with Gasteiger partial charge in [0.1, 0.15) is 0 Å². The molecule has 1 aromatic rings. The zero-order valence-electron chi connectivity index (χ0n) is 8.77. The molecule has 1 rings (SSSR count). The summed E-state index contributed by atoms with van der Waals surface area (Å²) in [5.41, 5.74) is -4.40. The Morgan fingerprint density at radius 1 is 0.789 bits per heavy atom. The average Bonchev–Trinajstić information content (AvgIpc) is 2.14. The van der Waals surface area contributed by atoms with E-state index >= 15 is 0 Å². The summed E-state index contributed by atoms with van der Waals surface area (Å²) in [6.07, 6.45) is 0. The van der Waals surface area contributed by atoms with Crippen LogP contribution in [0.5, 0.6) is 11.5 Å². The summed E-state index contributed by atoms with van der Waals surface area (Å²) in [6, 6.07) is 0. The van der Waals surface area contributed by atoms with Crippen LogP contribution in [0, 0.1) is 30.3 Å². The minimum absolute atomic E-state index is 0. The molecule has 0 saturated heterocycles. The van der Waals surface area contributed by atoms with Crippen molar-refractivity contribution in [1.29, 1.82) is 0 Å². The first-order chi connectivity index (χ1) is 8.20. The number of aromatic hydroxyl groups is 2. The molecule has 2 radical (unpaired) electrons. The maximum absolute atomic E-state index is 10.5. The van der Waals surface area contributed by atoms with Gasteiger partial charge in [-0.2, -0.15) is 0 Å². The Labute approximate surface area is 128 Å². The molecule has 0 aromatic heterocycles. The van der Waals surface area contributed by atoms with E-state index in [1.165, 1.54) is 0 Å². The standard InChI is InChI=1S/C6H2ClN3O8.Pb.2H/c7-1-2(8(13)14)5(11)4(10(17)18)6(12)3(1)9(15)16;;;/h11-12H;;;. The minimum atomic E-state index is -1.56. The number of halogens is 1. The van der Waals surface area contributed by atoms with E-state index in [0.717, 1.165) is 0 Å². The van der Waals surface area contributed by atoms with Crippen molar-refractivity contribution in [3.63, 3.8) is 0 Å². The van der Waals surface area contributed by atoms with Crippen molar-refractivity contribution < 1.29 is 25.0 Å². The van der Waals surface area contributed by atoms with Crippen LogP contribution in [0.25, 0.3) is 0 Å². The number of hydrogen-bond donors (Lipinski definition) is 2. The molecule has 0 bridgehead atoms. The summed E-state index contributed by atoms with van der Waals surface area (Å²) in [5, 5.41) is 48.9. The molecule has 13 heteroatoms. The van der Waals surface area contributed by atoms with Crippen LogP contribution in [-0.2, 0) is 0 Å². The van der Waals surface area contributed by atoms with Crippen LogP contribution < -0.4 is 0 Å². The first-order valence-electron chi connectivity index (χ1n) is 3.90. The van der Waals surface area contributed by atoms with E-state index in [4.69, 9.17) is 11.6 Å². The zero-order chi connectivity index (χ0) is 14.2. The van der Waals surface area contributed by atoms with Gasteiger partial charge < -0.3 is 10.2 Å². The molecule has 0 aliphatic carbocycles. The first-order valence-corrected chi connectivity index (χ1v) is 4.28. The Morgan fingerprint density at radius 2 is 1.05 bits per heavy atom. The van der Waals surface area contributed by atoms with Gasteiger partial charge in [-0.1, -0.05) is 11.6 Å². The fourth-order valence-corrected chi connectivity index (χ4v) is 1.48. The fourth-order valence-electron chi connectivity index (χ4n) is 1.16. The quantitative estimate of drug-likeness (QED) is 0.353. The van der Waals surface area contributed by atoms with E-state index in [0.29, 0.717) is 0 Å². The van der Waals surface area contributed by atoms with Gasteiger partial charge in [-0.05, 0) is 0 Å². The number of hydrogen-bond acceptors (Lipinski definition) is 8. The van der Waals surface area contributed by atoms with E-state index in [1.54, 1.807) is 0 Å². The second-order valence-corrected chi connectivity index (χ2v) is 3.21. The molecule has 0 amide bonds. The summed E-state index contributed by atoms with van der Waals surface area (Å²) < 4.78 is 0. The Morgan fingerprint density at radius 3 is 1.26 bits per heavy atom. The summed E-state index contributed by atoms with van der Waals surface area (Å²) in [6.45, 7) is 0. The Bertz CT molecular complexity index is 488. The molecular weight excluding hydrogens is 485 g/mol. The number of phenols is 2. The van der Waals surface area contributed by atoms with Gasteiger partial charge in [0.05, 0.1) is 14.8 Å². The summed E-state index contributed by atoms with van der Waals surface area (Å²) in [7, 11) is 0. The molecule has 0 fully saturated rings. The Kier molecular flexibility index (Phi) is 5.37. The average molecular weight is 489 g/mol. The Balaban J connectivity index is 0.00000324. The molecule has 102 valence electrons. The molecule has 2 N–H and O–H groups in total. The number of rotatable bonds is 3. The number of nitro groups is 3. The van der Waals surface area contributed by atoms with E-state index in [1.807, 2.05) is 0 Å². The van der Waals surface area contributed by atoms with Crippen LogP contribution in [0.4, 0.5) is 17.1 Å². The molecule has 0 heterocycles. The topological polar surface area (TPSA) is 170 Å². The van der Waals surface area contributed by atoms with Gasteiger partial charge in [-0.25, -0.2) is 0 Å². The molecule has 0 atom stereocenters. The van der Waals surface area contributed by atoms with Crippen molar-refractivity contribution in [3.05, 3.63) is 35.4 Å². The van der Waals surface area contributed by atoms with E-state index < -0.39 is 48.4 Å². The van der Waals surface area contributed by atoms with E-state index in [2.05, 4.69) is 0 Å². The van der Waals surface area contributed by atoms with Crippen LogP contribution in [0.3, 0.4) is 0 Å². The number of phenolic OH excluding ortho intramolecular Hbond substituents is 2. The predicted molar refractivity (Wildman–Crippen MR) is 63.3 cm³/mol. The van der Waals surface area contributed by atoms with Crippen molar-refractivity contribution in [3.8, 4) is 11.5 Å². The molecule has 0 unspecified atom stereocenters. The Hall–Kier alpha value is -1.77. The molecular formula is C6H4ClN3O8Pb.